The van der Waals surface area contributed by atoms with Gasteiger partial charge in [0.1, 0.15) is 6.29 Å². The molecule has 2 aromatic rings. The summed E-state index contributed by atoms with van der Waals surface area (Å²) in [4.78, 5) is 14.8. The van der Waals surface area contributed by atoms with Crippen molar-refractivity contribution in [3.63, 3.8) is 0 Å². The second kappa shape index (κ2) is 3.66. The van der Waals surface area contributed by atoms with E-state index in [4.69, 9.17) is 11.6 Å². The van der Waals surface area contributed by atoms with E-state index < -0.39 is 0 Å². The Hall–Kier alpha value is -1.35. The minimum Gasteiger partial charge on any atom is -0.312 e. The summed E-state index contributed by atoms with van der Waals surface area (Å²) in [6.07, 6.45) is 0.807. The Labute approximate surface area is 92.7 Å². The molecule has 1 heterocycles. The van der Waals surface area contributed by atoms with Crippen molar-refractivity contribution in [2.75, 3.05) is 0 Å². The van der Waals surface area contributed by atoms with Crippen LogP contribution in [-0.2, 0) is 0 Å². The molecule has 15 heavy (non-hydrogen) atoms. The fourth-order valence-corrected chi connectivity index (χ4v) is 2.03. The summed E-state index contributed by atoms with van der Waals surface area (Å²) in [5.41, 5.74) is 2.34. The minimum absolute atomic E-state index is 0.254. The van der Waals surface area contributed by atoms with Crippen LogP contribution >= 0.6 is 11.6 Å². The van der Waals surface area contributed by atoms with Crippen LogP contribution in [0.1, 0.15) is 30.2 Å². The van der Waals surface area contributed by atoms with Gasteiger partial charge in [-0.15, -0.1) is 0 Å². The van der Waals surface area contributed by atoms with E-state index in [0.717, 1.165) is 17.3 Å². The van der Waals surface area contributed by atoms with Gasteiger partial charge in [-0.1, -0.05) is 0 Å². The second-order valence-electron chi connectivity index (χ2n) is 3.71. The van der Waals surface area contributed by atoms with Crippen molar-refractivity contribution >= 4 is 28.9 Å². The van der Waals surface area contributed by atoms with E-state index >= 15 is 0 Å². The topological polar surface area (TPSA) is 34.9 Å². The largest absolute Gasteiger partial charge is 0.312 e. The fraction of sp³-hybridized carbons (Fsp3) is 0.273. The van der Waals surface area contributed by atoms with Crippen molar-refractivity contribution in [2.24, 2.45) is 0 Å². The number of halogens is 1. The van der Waals surface area contributed by atoms with Gasteiger partial charge in [0.15, 0.2) is 0 Å². The van der Waals surface area contributed by atoms with Gasteiger partial charge in [-0.05, 0) is 43.6 Å². The lowest BCUT2D eigenvalue weighted by molar-refractivity contribution is 0.112. The highest BCUT2D eigenvalue weighted by Gasteiger charge is 2.11. The number of carbonyl (C=O) groups excluding carboxylic acids is 1. The Kier molecular flexibility index (Phi) is 2.49. The number of fused-ring (bicyclic) bond motifs is 1. The molecule has 0 radical (unpaired) electrons. The highest BCUT2D eigenvalue weighted by Crippen LogP contribution is 2.24. The predicted molar refractivity (Wildman–Crippen MR) is 60.5 cm³/mol. The lowest BCUT2D eigenvalue weighted by atomic mass is 10.2. The number of imidazole rings is 1. The third-order valence-electron chi connectivity index (χ3n) is 2.32. The normalized spacial score (nSPS) is 11.2. The monoisotopic (exact) mass is 222 g/mol. The number of benzene rings is 1. The zero-order valence-corrected chi connectivity index (χ0v) is 9.32. The van der Waals surface area contributed by atoms with Crippen molar-refractivity contribution in [3.8, 4) is 0 Å². The molecule has 0 atom stereocenters. The van der Waals surface area contributed by atoms with Crippen LogP contribution in [0.25, 0.3) is 11.0 Å². The molecule has 2 rings (SSSR count). The van der Waals surface area contributed by atoms with Gasteiger partial charge < -0.3 is 4.57 Å². The van der Waals surface area contributed by atoms with E-state index in [1.54, 1.807) is 12.1 Å². The van der Waals surface area contributed by atoms with Gasteiger partial charge in [-0.3, -0.25) is 4.79 Å². The van der Waals surface area contributed by atoms with Crippen LogP contribution in [0.2, 0.25) is 5.28 Å². The number of aromatic nitrogens is 2. The summed E-state index contributed by atoms with van der Waals surface area (Å²) in [6.45, 7) is 4.08. The molecule has 0 unspecified atom stereocenters. The quantitative estimate of drug-likeness (QED) is 0.732. The molecule has 0 fully saturated rings. The maximum absolute atomic E-state index is 10.6. The molecule has 0 saturated carbocycles. The standard InChI is InChI=1S/C11H11ClN2O/c1-7(2)14-10-4-3-8(6-15)5-9(10)13-11(14)12/h3-7H,1-2H3. The van der Waals surface area contributed by atoms with Crippen LogP contribution in [0.3, 0.4) is 0 Å². The highest BCUT2D eigenvalue weighted by atomic mass is 35.5. The second-order valence-corrected chi connectivity index (χ2v) is 4.05. The zero-order valence-electron chi connectivity index (χ0n) is 8.57. The van der Waals surface area contributed by atoms with E-state index in [2.05, 4.69) is 4.98 Å². The van der Waals surface area contributed by atoms with Crippen molar-refractivity contribution in [2.45, 2.75) is 19.9 Å². The van der Waals surface area contributed by atoms with Crippen molar-refractivity contribution in [3.05, 3.63) is 29.0 Å². The summed E-state index contributed by atoms with van der Waals surface area (Å²) < 4.78 is 1.94. The Balaban J connectivity index is 2.73. The summed E-state index contributed by atoms with van der Waals surface area (Å²) in [6, 6.07) is 5.64. The SMILES string of the molecule is CC(C)n1c(Cl)nc2cc(C=O)ccc21. The Morgan fingerprint density at radius 1 is 1.47 bits per heavy atom. The van der Waals surface area contributed by atoms with Crippen LogP contribution in [0, 0.1) is 0 Å². The zero-order chi connectivity index (χ0) is 11.0. The van der Waals surface area contributed by atoms with Gasteiger partial charge in [0.25, 0.3) is 0 Å². The Morgan fingerprint density at radius 3 is 2.80 bits per heavy atom. The highest BCUT2D eigenvalue weighted by molar-refractivity contribution is 6.29. The average Bonchev–Trinajstić information content (AvgIpc) is 2.52. The van der Waals surface area contributed by atoms with E-state index in [9.17, 15) is 4.79 Å². The molecule has 0 aliphatic carbocycles. The molecule has 0 amide bonds. The number of rotatable bonds is 2. The first-order valence-electron chi connectivity index (χ1n) is 4.76. The molecule has 0 spiro atoms. The molecular weight excluding hydrogens is 212 g/mol. The van der Waals surface area contributed by atoms with E-state index in [0.29, 0.717) is 10.8 Å². The Morgan fingerprint density at radius 2 is 2.20 bits per heavy atom. The molecule has 1 aromatic heterocycles. The maximum atomic E-state index is 10.6. The number of carbonyl (C=O) groups is 1. The summed E-state index contributed by atoms with van der Waals surface area (Å²) in [5.74, 6) is 0. The van der Waals surface area contributed by atoms with Crippen molar-refractivity contribution < 1.29 is 4.79 Å². The summed E-state index contributed by atoms with van der Waals surface area (Å²) in [7, 11) is 0. The molecule has 3 nitrogen and oxygen atoms in total. The van der Waals surface area contributed by atoms with E-state index in [-0.39, 0.29) is 6.04 Å². The molecule has 0 aliphatic rings. The third-order valence-corrected chi connectivity index (χ3v) is 2.59. The van der Waals surface area contributed by atoms with Crippen LogP contribution < -0.4 is 0 Å². The minimum atomic E-state index is 0.254. The van der Waals surface area contributed by atoms with Crippen LogP contribution in [-0.4, -0.2) is 15.8 Å². The smallest absolute Gasteiger partial charge is 0.204 e. The third kappa shape index (κ3) is 1.63. The van der Waals surface area contributed by atoms with Gasteiger partial charge in [-0.2, -0.15) is 0 Å². The van der Waals surface area contributed by atoms with E-state index in [1.165, 1.54) is 0 Å². The lowest BCUT2D eigenvalue weighted by Gasteiger charge is -2.08. The van der Waals surface area contributed by atoms with Gasteiger partial charge >= 0.3 is 0 Å². The first-order chi connectivity index (χ1) is 7.13. The molecule has 78 valence electrons. The van der Waals surface area contributed by atoms with Gasteiger partial charge in [0.2, 0.25) is 5.28 Å². The number of hydrogen-bond donors (Lipinski definition) is 0. The number of hydrogen-bond acceptors (Lipinski definition) is 2. The lowest BCUT2D eigenvalue weighted by Crippen LogP contribution is -2.00. The number of nitrogens with zero attached hydrogens (tertiary/aromatic N) is 2. The first kappa shape index (κ1) is 10.2. The molecule has 4 heteroatoms. The van der Waals surface area contributed by atoms with Crippen molar-refractivity contribution in [1.29, 1.82) is 0 Å². The van der Waals surface area contributed by atoms with Crippen LogP contribution in [0.5, 0.6) is 0 Å². The predicted octanol–water partition coefficient (Wildman–Crippen LogP) is 3.08. The maximum Gasteiger partial charge on any atom is 0.204 e. The fourth-order valence-electron chi connectivity index (χ4n) is 1.65. The van der Waals surface area contributed by atoms with Gasteiger partial charge in [0, 0.05) is 11.6 Å². The van der Waals surface area contributed by atoms with E-state index in [1.807, 2.05) is 24.5 Å². The summed E-state index contributed by atoms with van der Waals surface area (Å²) in [5, 5.41) is 0.461. The average molecular weight is 223 g/mol. The van der Waals surface area contributed by atoms with Crippen LogP contribution in [0.15, 0.2) is 18.2 Å². The van der Waals surface area contributed by atoms with Crippen molar-refractivity contribution in [1.82, 2.24) is 9.55 Å². The molecule has 0 N–H and O–H groups in total. The molecule has 0 saturated heterocycles. The summed E-state index contributed by atoms with van der Waals surface area (Å²) >= 11 is 6.02. The molecular formula is C11H11ClN2O. The molecule has 0 aliphatic heterocycles. The van der Waals surface area contributed by atoms with Gasteiger partial charge in [0.05, 0.1) is 11.0 Å². The Bertz CT molecular complexity index is 517. The van der Waals surface area contributed by atoms with Crippen LogP contribution in [0.4, 0.5) is 0 Å². The van der Waals surface area contributed by atoms with Gasteiger partial charge in [-0.25, -0.2) is 4.98 Å². The first-order valence-corrected chi connectivity index (χ1v) is 5.14. The number of aldehydes is 1. The molecule has 0 bridgehead atoms. The molecule has 1 aromatic carbocycles.